The lowest BCUT2D eigenvalue weighted by Crippen LogP contribution is -2.36. The lowest BCUT2D eigenvalue weighted by molar-refractivity contribution is 0.178. The monoisotopic (exact) mass is 801 g/mol. The Kier molecular flexibility index (Phi) is 15.8. The number of benzene rings is 4. The molecule has 2 aliphatic heterocycles. The van der Waals surface area contributed by atoms with Crippen molar-refractivity contribution in [3.63, 3.8) is 0 Å². The maximum absolute atomic E-state index is 6.14. The highest BCUT2D eigenvalue weighted by atomic mass is 35.5. The van der Waals surface area contributed by atoms with Gasteiger partial charge in [-0.3, -0.25) is 10.0 Å². The summed E-state index contributed by atoms with van der Waals surface area (Å²) < 4.78 is 0. The summed E-state index contributed by atoms with van der Waals surface area (Å²) in [6.45, 7) is 20.3. The fourth-order valence-electron chi connectivity index (χ4n) is 8.58. The molecule has 8 heteroatoms. The number of hydrazone groups is 2. The van der Waals surface area contributed by atoms with E-state index in [1.165, 1.54) is 33.7 Å². The predicted octanol–water partition coefficient (Wildman–Crippen LogP) is 13.5. The van der Waals surface area contributed by atoms with Crippen molar-refractivity contribution in [2.45, 2.75) is 60.0 Å². The molecule has 6 atom stereocenters. The molecule has 6 rings (SSSR count). The van der Waals surface area contributed by atoms with Gasteiger partial charge in [-0.25, -0.2) is 0 Å². The highest BCUT2D eigenvalue weighted by molar-refractivity contribution is 6.30. The van der Waals surface area contributed by atoms with Gasteiger partial charge in [0.25, 0.3) is 0 Å². The van der Waals surface area contributed by atoms with Crippen LogP contribution in [0.4, 0.5) is 0 Å². The van der Waals surface area contributed by atoms with Crippen LogP contribution in [0.25, 0.3) is 0 Å². The molecule has 55 heavy (non-hydrogen) atoms. The minimum Gasteiger partial charge on any atom is -0.304 e. The van der Waals surface area contributed by atoms with E-state index in [4.69, 9.17) is 33.4 Å². The van der Waals surface area contributed by atoms with Gasteiger partial charge in [0.2, 0.25) is 0 Å². The van der Waals surface area contributed by atoms with Gasteiger partial charge in [0, 0.05) is 63.3 Å². The Balaban J connectivity index is -0.000000232. The molecule has 0 fully saturated rings. The molecular weight excluding hydrogens is 719 g/mol. The van der Waals surface area contributed by atoms with Crippen LogP contribution in [0.5, 0.6) is 0 Å². The highest BCUT2D eigenvalue weighted by Gasteiger charge is 2.41. The first-order valence-corrected chi connectivity index (χ1v) is 21.0. The van der Waals surface area contributed by atoms with Gasteiger partial charge < -0.3 is 9.80 Å². The molecule has 4 aromatic rings. The molecule has 6 nitrogen and oxygen atoms in total. The van der Waals surface area contributed by atoms with Gasteiger partial charge in [-0.2, -0.15) is 10.2 Å². The van der Waals surface area contributed by atoms with Gasteiger partial charge in [0.15, 0.2) is 0 Å². The Morgan fingerprint density at radius 1 is 0.582 bits per heavy atom. The molecule has 0 aromatic heterocycles. The number of rotatable bonds is 15. The summed E-state index contributed by atoms with van der Waals surface area (Å²) in [5.74, 6) is 1.77. The second-order valence-corrected chi connectivity index (χ2v) is 16.1. The van der Waals surface area contributed by atoms with Crippen LogP contribution in [0, 0.1) is 23.7 Å². The second-order valence-electron chi connectivity index (χ2n) is 15.3. The van der Waals surface area contributed by atoms with Gasteiger partial charge >= 0.3 is 0 Å². The minimum absolute atomic E-state index is 0. The summed E-state index contributed by atoms with van der Waals surface area (Å²) in [5, 5.41) is 15.8. The number of hydrogen-bond donors (Lipinski definition) is 0. The van der Waals surface area contributed by atoms with E-state index >= 15 is 0 Å². The van der Waals surface area contributed by atoms with Crippen molar-refractivity contribution >= 4 is 34.6 Å². The quantitative estimate of drug-likeness (QED) is 0.120. The minimum atomic E-state index is 0. The van der Waals surface area contributed by atoms with Gasteiger partial charge in [-0.05, 0) is 91.0 Å². The lowest BCUT2D eigenvalue weighted by atomic mass is 9.78. The smallest absolute Gasteiger partial charge is 0.0804 e. The third-order valence-corrected chi connectivity index (χ3v) is 12.0. The average Bonchev–Trinajstić information content (AvgIpc) is 3.73. The Bertz CT molecular complexity index is 1830. The van der Waals surface area contributed by atoms with Crippen molar-refractivity contribution in [1.82, 2.24) is 19.8 Å². The van der Waals surface area contributed by atoms with Crippen LogP contribution in [0.1, 0.15) is 96.6 Å². The first kappa shape index (κ1) is 42.5. The molecule has 0 amide bonds. The third-order valence-electron chi connectivity index (χ3n) is 11.5. The van der Waals surface area contributed by atoms with E-state index in [0.717, 1.165) is 55.7 Å². The molecular formula is C47H82Cl2N6. The largest absolute Gasteiger partial charge is 0.304 e. The Hall–Kier alpha value is -3.68. The molecule has 0 N–H and O–H groups in total. The van der Waals surface area contributed by atoms with E-state index < -0.39 is 0 Å². The van der Waals surface area contributed by atoms with Gasteiger partial charge in [-0.15, -0.1) is 0 Å². The second kappa shape index (κ2) is 20.5. The standard InChI is InChI=1S/C24H32ClN3.C23H30ClN3.10H2/c1-5-28(6-2)17-18(3)16-22-23(19-10-8-7-9-11-19)26-27(4)24(22)20-12-14-21(25)15-13-20;1-5-27(6-2)16-17(3)21-22(18-10-8-7-9-11-18)25-26(4)23(21)19-12-14-20(24)15-13-19;;;;;;;;;;/h7-15,18,22,24H,5-6,16-17H2,1-4H3;7-15,17,21,23H,5-6,16H2,1-4H3;10*1H/t18?,22-,24-;17?,21-,23+;;;;;;;;;;/m00........../s1. The molecule has 0 radical (unpaired) electrons. The zero-order valence-electron chi connectivity index (χ0n) is 34.2. The Labute approximate surface area is 356 Å². The molecule has 4 aromatic carbocycles. The molecule has 2 unspecified atom stereocenters. The lowest BCUT2D eigenvalue weighted by Gasteiger charge is -2.33. The third kappa shape index (κ3) is 10.8. The van der Waals surface area contributed by atoms with Crippen molar-refractivity contribution in [3.8, 4) is 0 Å². The molecule has 0 bridgehead atoms. The Morgan fingerprint density at radius 2 is 1.00 bits per heavy atom. The highest BCUT2D eigenvalue weighted by Crippen LogP contribution is 2.42. The van der Waals surface area contributed by atoms with Crippen molar-refractivity contribution in [2.24, 2.45) is 33.9 Å². The molecule has 2 heterocycles. The van der Waals surface area contributed by atoms with E-state index in [2.05, 4.69) is 160 Å². The molecule has 2 aliphatic rings. The summed E-state index contributed by atoms with van der Waals surface area (Å²) in [6.07, 6.45) is 1.11. The van der Waals surface area contributed by atoms with Gasteiger partial charge in [0.05, 0.1) is 23.5 Å². The number of hydrogen-bond acceptors (Lipinski definition) is 6. The molecule has 0 spiro atoms. The van der Waals surface area contributed by atoms with Crippen LogP contribution >= 0.6 is 23.2 Å². The van der Waals surface area contributed by atoms with Crippen LogP contribution in [-0.4, -0.2) is 84.6 Å². The van der Waals surface area contributed by atoms with E-state index in [1.807, 2.05) is 24.3 Å². The summed E-state index contributed by atoms with van der Waals surface area (Å²) in [4.78, 5) is 5.02. The van der Waals surface area contributed by atoms with E-state index in [0.29, 0.717) is 23.7 Å². The maximum atomic E-state index is 6.14. The van der Waals surface area contributed by atoms with Gasteiger partial charge in [0.1, 0.15) is 0 Å². The van der Waals surface area contributed by atoms with Crippen molar-refractivity contribution in [1.29, 1.82) is 0 Å². The summed E-state index contributed by atoms with van der Waals surface area (Å²) in [6, 6.07) is 38.2. The zero-order chi connectivity index (χ0) is 39.5. The van der Waals surface area contributed by atoms with Crippen LogP contribution in [-0.2, 0) is 0 Å². The molecule has 0 saturated heterocycles. The molecule has 0 saturated carbocycles. The average molecular weight is 802 g/mol. The van der Waals surface area contributed by atoms with Crippen LogP contribution in [0.15, 0.2) is 119 Å². The first-order valence-electron chi connectivity index (χ1n) is 20.3. The number of halogens is 2. The Morgan fingerprint density at radius 3 is 1.49 bits per heavy atom. The summed E-state index contributed by atoms with van der Waals surface area (Å²) in [7, 11) is 4.18. The fourth-order valence-corrected chi connectivity index (χ4v) is 8.83. The van der Waals surface area contributed by atoms with E-state index in [9.17, 15) is 0 Å². The normalized spacial score (nSPS) is 20.7. The first-order chi connectivity index (χ1) is 26.6. The molecule has 0 aliphatic carbocycles. The molecule has 314 valence electrons. The predicted molar refractivity (Wildman–Crippen MR) is 257 cm³/mol. The van der Waals surface area contributed by atoms with Crippen molar-refractivity contribution in [2.75, 3.05) is 53.4 Å². The van der Waals surface area contributed by atoms with Crippen LogP contribution in [0.2, 0.25) is 10.0 Å². The summed E-state index contributed by atoms with van der Waals surface area (Å²) in [5.41, 5.74) is 7.39. The van der Waals surface area contributed by atoms with Crippen LogP contribution in [0.3, 0.4) is 0 Å². The van der Waals surface area contributed by atoms with E-state index in [-0.39, 0.29) is 26.4 Å². The SMILES string of the molecule is CCN(CC)CC(C)C[C@H]1C(c2ccccc2)=NN(C)[C@H]1c1ccc(Cl)cc1.CCN(CC)CC(C)[C@H]1C(c2ccccc2)=NN(C)[C@@H]1c1ccc(Cl)cc1.[HH].[HH].[HH].[HH].[HH].[HH].[HH].[HH].[HH].[HH]. The van der Waals surface area contributed by atoms with E-state index in [1.54, 1.807) is 0 Å². The zero-order valence-corrected chi connectivity index (χ0v) is 35.8. The fraction of sp³-hybridized carbons (Fsp3) is 0.447. The van der Waals surface area contributed by atoms with Crippen molar-refractivity contribution < 1.29 is 14.3 Å². The maximum Gasteiger partial charge on any atom is 0.0804 e. The number of nitrogens with zero attached hydrogens (tertiary/aromatic N) is 6. The van der Waals surface area contributed by atoms with Crippen molar-refractivity contribution in [3.05, 3.63) is 141 Å². The summed E-state index contributed by atoms with van der Waals surface area (Å²) >= 11 is 12.3. The van der Waals surface area contributed by atoms with Crippen LogP contribution < -0.4 is 0 Å². The van der Waals surface area contributed by atoms with Gasteiger partial charge in [-0.1, -0.05) is 150 Å². The topological polar surface area (TPSA) is 37.7 Å².